The van der Waals surface area contributed by atoms with E-state index in [4.69, 9.17) is 16.0 Å². The highest BCUT2D eigenvalue weighted by atomic mass is 35.5. The number of hydrogen-bond donors (Lipinski definition) is 1. The first-order chi connectivity index (χ1) is 15.5. The summed E-state index contributed by atoms with van der Waals surface area (Å²) in [6.07, 6.45) is 3.86. The van der Waals surface area contributed by atoms with Crippen LogP contribution < -0.4 is 10.9 Å². The van der Waals surface area contributed by atoms with Gasteiger partial charge in [0, 0.05) is 35.7 Å². The molecule has 32 heavy (non-hydrogen) atoms. The van der Waals surface area contributed by atoms with Crippen molar-refractivity contribution in [3.05, 3.63) is 105 Å². The number of anilines is 1. The van der Waals surface area contributed by atoms with E-state index in [1.165, 1.54) is 16.2 Å². The number of carbonyl (C=O) groups excluding carboxylic acids is 1. The Hall–Kier alpha value is -3.64. The fraction of sp³-hybridized carbons (Fsp3) is 0.160. The number of halogens is 1. The summed E-state index contributed by atoms with van der Waals surface area (Å²) in [5.41, 5.74) is 3.30. The molecule has 1 amide bonds. The lowest BCUT2D eigenvalue weighted by molar-refractivity contribution is -0.116. The second kappa shape index (κ2) is 9.66. The lowest BCUT2D eigenvalue weighted by Crippen LogP contribution is -2.21. The number of benzene rings is 2. The number of nitrogens with zero attached hydrogens (tertiary/aromatic N) is 2. The molecule has 2 aromatic heterocycles. The van der Waals surface area contributed by atoms with Gasteiger partial charge < -0.3 is 14.3 Å². The Morgan fingerprint density at radius 1 is 1.09 bits per heavy atom. The Balaban J connectivity index is 1.37. The second-order valence-electron chi connectivity index (χ2n) is 7.51. The maximum absolute atomic E-state index is 12.4. The third kappa shape index (κ3) is 5.34. The van der Waals surface area contributed by atoms with Crippen molar-refractivity contribution < 1.29 is 9.21 Å². The van der Waals surface area contributed by atoms with E-state index in [0.29, 0.717) is 35.3 Å². The number of pyridine rings is 1. The van der Waals surface area contributed by atoms with Gasteiger partial charge in [-0.1, -0.05) is 59.6 Å². The minimum atomic E-state index is -0.192. The van der Waals surface area contributed by atoms with Gasteiger partial charge in [-0.2, -0.15) is 0 Å². The Morgan fingerprint density at radius 2 is 1.88 bits per heavy atom. The lowest BCUT2D eigenvalue weighted by atomic mass is 10.1. The first kappa shape index (κ1) is 21.6. The zero-order valence-corrected chi connectivity index (χ0v) is 18.3. The van der Waals surface area contributed by atoms with Gasteiger partial charge in [0.05, 0.1) is 18.4 Å². The first-order valence-corrected chi connectivity index (χ1v) is 10.6. The molecule has 1 N–H and O–H groups in total. The topological polar surface area (TPSA) is 77.1 Å². The van der Waals surface area contributed by atoms with E-state index in [1.54, 1.807) is 24.5 Å². The molecule has 0 aliphatic heterocycles. The van der Waals surface area contributed by atoms with Crippen molar-refractivity contribution in [3.8, 4) is 11.3 Å². The fourth-order valence-corrected chi connectivity index (χ4v) is 3.46. The van der Waals surface area contributed by atoms with E-state index in [0.717, 1.165) is 11.1 Å². The molecule has 4 aromatic rings. The summed E-state index contributed by atoms with van der Waals surface area (Å²) in [6, 6.07) is 18.3. The third-order valence-electron chi connectivity index (χ3n) is 5.02. The number of hydrogen-bond acceptors (Lipinski definition) is 4. The monoisotopic (exact) mass is 447 g/mol. The highest BCUT2D eigenvalue weighted by molar-refractivity contribution is 6.31. The zero-order chi connectivity index (χ0) is 22.5. The maximum Gasteiger partial charge on any atom is 0.250 e. The number of rotatable bonds is 7. The highest BCUT2D eigenvalue weighted by Gasteiger charge is 2.10. The Labute approximate surface area is 190 Å². The summed E-state index contributed by atoms with van der Waals surface area (Å²) in [6.45, 7) is 2.34. The van der Waals surface area contributed by atoms with Crippen molar-refractivity contribution >= 4 is 23.2 Å². The molecule has 2 heterocycles. The molecule has 0 bridgehead atoms. The van der Waals surface area contributed by atoms with Crippen LogP contribution in [0.25, 0.3) is 11.3 Å². The minimum absolute atomic E-state index is 0.175. The Morgan fingerprint density at radius 3 is 2.66 bits per heavy atom. The largest absolute Gasteiger partial charge is 0.441 e. The van der Waals surface area contributed by atoms with Gasteiger partial charge in [-0.15, -0.1) is 0 Å². The smallest absolute Gasteiger partial charge is 0.250 e. The molecular weight excluding hydrogens is 426 g/mol. The molecule has 4 rings (SSSR count). The van der Waals surface area contributed by atoms with Crippen LogP contribution >= 0.6 is 11.6 Å². The van der Waals surface area contributed by atoms with Crippen molar-refractivity contribution in [1.29, 1.82) is 0 Å². The fourth-order valence-electron chi connectivity index (χ4n) is 3.26. The summed E-state index contributed by atoms with van der Waals surface area (Å²) < 4.78 is 7.29. The lowest BCUT2D eigenvalue weighted by Gasteiger charge is -2.10. The summed E-state index contributed by atoms with van der Waals surface area (Å²) >= 11 is 6.20. The average molecular weight is 448 g/mol. The molecule has 0 atom stereocenters. The summed E-state index contributed by atoms with van der Waals surface area (Å²) in [5.74, 6) is 0.981. The van der Waals surface area contributed by atoms with E-state index >= 15 is 0 Å². The number of oxazole rings is 1. The van der Waals surface area contributed by atoms with Crippen LogP contribution in [0.4, 0.5) is 5.69 Å². The molecule has 0 aliphatic rings. The van der Waals surface area contributed by atoms with Crippen molar-refractivity contribution in [2.45, 2.75) is 26.3 Å². The van der Waals surface area contributed by atoms with Gasteiger partial charge in [0.15, 0.2) is 11.7 Å². The SMILES string of the molecule is Cc1ccc(-c2cnc(CCC(=O)Nc3ccc(=O)n(Cc4ccccc4Cl)c3)o2)cc1. The zero-order valence-electron chi connectivity index (χ0n) is 17.5. The number of carbonyl (C=O) groups is 1. The van der Waals surface area contributed by atoms with Crippen LogP contribution in [-0.4, -0.2) is 15.5 Å². The van der Waals surface area contributed by atoms with Gasteiger partial charge in [0.2, 0.25) is 5.91 Å². The molecule has 162 valence electrons. The number of aromatic nitrogens is 2. The van der Waals surface area contributed by atoms with E-state index in [1.807, 2.05) is 49.4 Å². The Kier molecular flexibility index (Phi) is 6.52. The van der Waals surface area contributed by atoms with Crippen LogP contribution in [0.15, 0.2) is 82.3 Å². The number of aryl methyl sites for hydroxylation is 2. The maximum atomic E-state index is 12.4. The van der Waals surface area contributed by atoms with Gasteiger partial charge >= 0.3 is 0 Å². The van der Waals surface area contributed by atoms with E-state index in [9.17, 15) is 9.59 Å². The van der Waals surface area contributed by atoms with E-state index in [-0.39, 0.29) is 17.9 Å². The van der Waals surface area contributed by atoms with Gasteiger partial charge in [-0.3, -0.25) is 9.59 Å². The van der Waals surface area contributed by atoms with E-state index in [2.05, 4.69) is 10.3 Å². The summed E-state index contributed by atoms with van der Waals surface area (Å²) in [4.78, 5) is 28.9. The molecular formula is C25H22ClN3O3. The van der Waals surface area contributed by atoms with Crippen LogP contribution in [-0.2, 0) is 17.8 Å². The standard InChI is InChI=1S/C25H22ClN3O3/c1-17-6-8-18(9-7-17)22-14-27-24(32-22)12-11-23(30)28-20-10-13-25(31)29(16-20)15-19-4-2-3-5-21(19)26/h2-10,13-14,16H,11-12,15H2,1H3,(H,28,30). The predicted octanol–water partition coefficient (Wildman–Crippen LogP) is 5.08. The molecule has 0 saturated heterocycles. The predicted molar refractivity (Wildman–Crippen MR) is 125 cm³/mol. The van der Waals surface area contributed by atoms with E-state index < -0.39 is 0 Å². The third-order valence-corrected chi connectivity index (χ3v) is 5.39. The molecule has 0 aliphatic carbocycles. The van der Waals surface area contributed by atoms with Crippen molar-refractivity contribution in [2.75, 3.05) is 5.32 Å². The van der Waals surface area contributed by atoms with Gasteiger partial charge in [-0.05, 0) is 24.6 Å². The molecule has 0 saturated carbocycles. The molecule has 0 spiro atoms. The average Bonchev–Trinajstić information content (AvgIpc) is 3.26. The molecule has 6 nitrogen and oxygen atoms in total. The summed E-state index contributed by atoms with van der Waals surface area (Å²) in [5, 5.41) is 3.41. The molecule has 2 aromatic carbocycles. The summed E-state index contributed by atoms with van der Waals surface area (Å²) in [7, 11) is 0. The van der Waals surface area contributed by atoms with Crippen LogP contribution in [0, 0.1) is 6.92 Å². The van der Waals surface area contributed by atoms with Gasteiger partial charge in [0.25, 0.3) is 5.56 Å². The molecule has 0 radical (unpaired) electrons. The molecule has 7 heteroatoms. The van der Waals surface area contributed by atoms with Crippen LogP contribution in [0.1, 0.15) is 23.4 Å². The second-order valence-corrected chi connectivity index (χ2v) is 7.91. The quantitative estimate of drug-likeness (QED) is 0.428. The normalized spacial score (nSPS) is 10.8. The number of nitrogens with one attached hydrogen (secondary N) is 1. The van der Waals surface area contributed by atoms with Crippen molar-refractivity contribution in [3.63, 3.8) is 0 Å². The van der Waals surface area contributed by atoms with Crippen LogP contribution in [0.2, 0.25) is 5.02 Å². The highest BCUT2D eigenvalue weighted by Crippen LogP contribution is 2.21. The van der Waals surface area contributed by atoms with Gasteiger partial charge in [-0.25, -0.2) is 4.98 Å². The molecule has 0 unspecified atom stereocenters. The molecule has 0 fully saturated rings. The first-order valence-electron chi connectivity index (χ1n) is 10.2. The van der Waals surface area contributed by atoms with Crippen LogP contribution in [0.5, 0.6) is 0 Å². The van der Waals surface area contributed by atoms with Gasteiger partial charge in [0.1, 0.15) is 0 Å². The Bertz CT molecular complexity index is 1290. The minimum Gasteiger partial charge on any atom is -0.441 e. The van der Waals surface area contributed by atoms with Crippen molar-refractivity contribution in [1.82, 2.24) is 9.55 Å². The van der Waals surface area contributed by atoms with Crippen molar-refractivity contribution in [2.24, 2.45) is 0 Å². The number of amides is 1. The van der Waals surface area contributed by atoms with Crippen LogP contribution in [0.3, 0.4) is 0 Å².